The molecule has 0 fully saturated rings. The van der Waals surface area contributed by atoms with Crippen LogP contribution in [0.5, 0.6) is 0 Å². The second-order valence-corrected chi connectivity index (χ2v) is 5.00. The van der Waals surface area contributed by atoms with Gasteiger partial charge in [0.1, 0.15) is 0 Å². The zero-order valence-electron chi connectivity index (χ0n) is 10.8. The summed E-state index contributed by atoms with van der Waals surface area (Å²) in [5.74, 6) is 0.872. The SMILES string of the molecule is NCCOCCOCCSc1nc2ccccc2[nH]1. The van der Waals surface area contributed by atoms with Crippen LogP contribution < -0.4 is 5.73 Å². The van der Waals surface area contributed by atoms with Crippen molar-refractivity contribution in [1.82, 2.24) is 9.97 Å². The second kappa shape index (κ2) is 8.16. The third-order valence-corrected chi connectivity index (χ3v) is 3.31. The van der Waals surface area contributed by atoms with E-state index < -0.39 is 0 Å². The Morgan fingerprint density at radius 1 is 1.11 bits per heavy atom. The lowest BCUT2D eigenvalue weighted by molar-refractivity contribution is 0.0571. The molecule has 3 N–H and O–H groups in total. The van der Waals surface area contributed by atoms with Gasteiger partial charge in [-0.25, -0.2) is 4.98 Å². The third kappa shape index (κ3) is 4.83. The highest BCUT2D eigenvalue weighted by Crippen LogP contribution is 2.18. The van der Waals surface area contributed by atoms with Gasteiger partial charge in [0, 0.05) is 12.3 Å². The van der Waals surface area contributed by atoms with Crippen molar-refractivity contribution in [2.75, 3.05) is 38.7 Å². The predicted molar refractivity (Wildman–Crippen MR) is 77.5 cm³/mol. The van der Waals surface area contributed by atoms with E-state index in [2.05, 4.69) is 9.97 Å². The molecule has 1 aromatic carbocycles. The quantitative estimate of drug-likeness (QED) is 0.540. The van der Waals surface area contributed by atoms with Crippen molar-refractivity contribution in [3.05, 3.63) is 24.3 Å². The Kier molecular flexibility index (Phi) is 6.16. The van der Waals surface area contributed by atoms with Gasteiger partial charge >= 0.3 is 0 Å². The number of para-hydroxylation sites is 2. The van der Waals surface area contributed by atoms with Gasteiger partial charge in [-0.15, -0.1) is 0 Å². The van der Waals surface area contributed by atoms with Crippen molar-refractivity contribution in [2.24, 2.45) is 5.73 Å². The number of rotatable bonds is 9. The van der Waals surface area contributed by atoms with Gasteiger partial charge in [0.2, 0.25) is 0 Å². The summed E-state index contributed by atoms with van der Waals surface area (Å²) in [5, 5.41) is 0.934. The van der Waals surface area contributed by atoms with Crippen LogP contribution in [-0.4, -0.2) is 48.7 Å². The molecule has 0 bridgehead atoms. The summed E-state index contributed by atoms with van der Waals surface area (Å²) >= 11 is 1.66. The molecule has 0 atom stereocenters. The smallest absolute Gasteiger partial charge is 0.166 e. The van der Waals surface area contributed by atoms with E-state index in [9.17, 15) is 0 Å². The van der Waals surface area contributed by atoms with Crippen LogP contribution in [0.4, 0.5) is 0 Å². The average Bonchev–Trinajstić information content (AvgIpc) is 2.84. The van der Waals surface area contributed by atoms with Gasteiger partial charge in [0.25, 0.3) is 0 Å². The van der Waals surface area contributed by atoms with Crippen molar-refractivity contribution in [3.63, 3.8) is 0 Å². The fraction of sp³-hybridized carbons (Fsp3) is 0.462. The van der Waals surface area contributed by atoms with Gasteiger partial charge in [0.15, 0.2) is 5.16 Å². The Hall–Kier alpha value is -1.08. The molecule has 0 saturated carbocycles. The maximum absolute atomic E-state index is 5.45. The van der Waals surface area contributed by atoms with Crippen molar-refractivity contribution in [3.8, 4) is 0 Å². The Bertz CT molecular complexity index is 456. The van der Waals surface area contributed by atoms with Crippen molar-refractivity contribution in [1.29, 1.82) is 0 Å². The highest BCUT2D eigenvalue weighted by Gasteiger charge is 2.01. The first-order valence-corrected chi connectivity index (χ1v) is 7.32. The van der Waals surface area contributed by atoms with Gasteiger partial charge in [-0.2, -0.15) is 0 Å². The first-order valence-electron chi connectivity index (χ1n) is 6.33. The van der Waals surface area contributed by atoms with E-state index in [0.29, 0.717) is 33.0 Å². The van der Waals surface area contributed by atoms with E-state index in [1.807, 2.05) is 24.3 Å². The van der Waals surface area contributed by atoms with Gasteiger partial charge < -0.3 is 20.2 Å². The van der Waals surface area contributed by atoms with Crippen molar-refractivity contribution < 1.29 is 9.47 Å². The first-order chi connectivity index (χ1) is 9.40. The summed E-state index contributed by atoms with van der Waals surface area (Å²) < 4.78 is 10.7. The number of hydrogen-bond acceptors (Lipinski definition) is 5. The molecule has 19 heavy (non-hydrogen) atoms. The number of nitrogens with two attached hydrogens (primary N) is 1. The number of imidazole rings is 1. The maximum Gasteiger partial charge on any atom is 0.166 e. The largest absolute Gasteiger partial charge is 0.378 e. The zero-order valence-corrected chi connectivity index (χ0v) is 11.6. The van der Waals surface area contributed by atoms with Crippen LogP contribution in [0.15, 0.2) is 29.4 Å². The van der Waals surface area contributed by atoms with Crippen LogP contribution in [0.3, 0.4) is 0 Å². The normalized spacial score (nSPS) is 11.2. The number of H-pyrrole nitrogens is 1. The van der Waals surface area contributed by atoms with E-state index in [4.69, 9.17) is 15.2 Å². The van der Waals surface area contributed by atoms with E-state index in [-0.39, 0.29) is 0 Å². The number of hydrogen-bond donors (Lipinski definition) is 2. The molecule has 0 unspecified atom stereocenters. The van der Waals surface area contributed by atoms with E-state index in [0.717, 1.165) is 21.9 Å². The fourth-order valence-electron chi connectivity index (χ4n) is 1.60. The van der Waals surface area contributed by atoms with Crippen molar-refractivity contribution >= 4 is 22.8 Å². The number of ether oxygens (including phenoxy) is 2. The summed E-state index contributed by atoms with van der Waals surface area (Å²) in [4.78, 5) is 7.76. The molecule has 0 aliphatic carbocycles. The number of nitrogens with one attached hydrogen (secondary N) is 1. The topological polar surface area (TPSA) is 73.2 Å². The maximum atomic E-state index is 5.45. The molecule has 1 aromatic heterocycles. The number of aromatic amines is 1. The summed E-state index contributed by atoms with van der Waals surface area (Å²) in [7, 11) is 0. The van der Waals surface area contributed by atoms with Crippen LogP contribution >= 0.6 is 11.8 Å². The molecule has 2 aromatic rings. The number of nitrogens with zero attached hydrogens (tertiary/aromatic N) is 1. The summed E-state index contributed by atoms with van der Waals surface area (Å²) in [6, 6.07) is 8.01. The molecule has 0 spiro atoms. The van der Waals surface area contributed by atoms with Crippen LogP contribution in [0.1, 0.15) is 0 Å². The van der Waals surface area contributed by atoms with Crippen LogP contribution in [0.2, 0.25) is 0 Å². The molecule has 104 valence electrons. The Balaban J connectivity index is 1.60. The second-order valence-electron chi connectivity index (χ2n) is 3.92. The van der Waals surface area contributed by atoms with Crippen LogP contribution in [0, 0.1) is 0 Å². The third-order valence-electron chi connectivity index (χ3n) is 2.47. The molecule has 6 heteroatoms. The standard InChI is InChI=1S/C13H19N3O2S/c14-5-6-17-7-8-18-9-10-19-13-15-11-3-1-2-4-12(11)16-13/h1-4H,5-10,14H2,(H,15,16). The van der Waals surface area contributed by atoms with Gasteiger partial charge in [-0.05, 0) is 12.1 Å². The Morgan fingerprint density at radius 2 is 1.89 bits per heavy atom. The fourth-order valence-corrected chi connectivity index (χ4v) is 2.34. The summed E-state index contributed by atoms with van der Waals surface area (Å²) in [6.07, 6.45) is 0. The highest BCUT2D eigenvalue weighted by molar-refractivity contribution is 7.99. The summed E-state index contributed by atoms with van der Waals surface area (Å²) in [5.41, 5.74) is 7.38. The number of benzene rings is 1. The molecular weight excluding hydrogens is 262 g/mol. The zero-order chi connectivity index (χ0) is 13.3. The molecule has 1 heterocycles. The van der Waals surface area contributed by atoms with Crippen LogP contribution in [0.25, 0.3) is 11.0 Å². The molecule has 0 amide bonds. The van der Waals surface area contributed by atoms with Gasteiger partial charge in [-0.3, -0.25) is 0 Å². The lowest BCUT2D eigenvalue weighted by Crippen LogP contribution is -2.12. The van der Waals surface area contributed by atoms with Crippen molar-refractivity contribution in [2.45, 2.75) is 5.16 Å². The highest BCUT2D eigenvalue weighted by atomic mass is 32.2. The average molecular weight is 281 g/mol. The summed E-state index contributed by atoms with van der Waals surface area (Å²) in [6.45, 7) is 3.06. The van der Waals surface area contributed by atoms with E-state index >= 15 is 0 Å². The van der Waals surface area contributed by atoms with Crippen LogP contribution in [-0.2, 0) is 9.47 Å². The van der Waals surface area contributed by atoms with E-state index in [1.165, 1.54) is 0 Å². The predicted octanol–water partition coefficient (Wildman–Crippen LogP) is 1.65. The molecule has 0 aliphatic rings. The molecule has 2 rings (SSSR count). The molecule has 0 radical (unpaired) electrons. The minimum Gasteiger partial charge on any atom is -0.378 e. The lowest BCUT2D eigenvalue weighted by Gasteiger charge is -2.03. The van der Waals surface area contributed by atoms with Gasteiger partial charge in [0.05, 0.1) is 37.5 Å². The number of fused-ring (bicyclic) bond motifs is 1. The number of aromatic nitrogens is 2. The number of thioether (sulfide) groups is 1. The first kappa shape index (κ1) is 14.3. The molecule has 0 aliphatic heterocycles. The lowest BCUT2D eigenvalue weighted by atomic mass is 10.3. The Labute approximate surface area is 116 Å². The minimum absolute atomic E-state index is 0.557. The monoisotopic (exact) mass is 281 g/mol. The Morgan fingerprint density at radius 3 is 2.68 bits per heavy atom. The molecule has 0 saturated heterocycles. The molecule has 5 nitrogen and oxygen atoms in total. The van der Waals surface area contributed by atoms with Gasteiger partial charge in [-0.1, -0.05) is 23.9 Å². The van der Waals surface area contributed by atoms with E-state index in [1.54, 1.807) is 11.8 Å². The molecular formula is C13H19N3O2S. The minimum atomic E-state index is 0.557.